The Labute approximate surface area is 162 Å². The Morgan fingerprint density at radius 1 is 0.846 bits per heavy atom. The zero-order valence-corrected chi connectivity index (χ0v) is 17.3. The minimum Gasteiger partial charge on any atom is -0.395 e. The van der Waals surface area contributed by atoms with E-state index in [2.05, 4.69) is 35.5 Å². The molecule has 3 heteroatoms. The number of rotatable bonds is 18. The summed E-state index contributed by atoms with van der Waals surface area (Å²) in [6, 6.07) is 0. The number of aliphatic hydroxyl groups excluding tert-OH is 1. The van der Waals surface area contributed by atoms with Crippen LogP contribution in [0, 0.1) is 0 Å². The summed E-state index contributed by atoms with van der Waals surface area (Å²) in [5.41, 5.74) is 0. The number of hydrogen-bond donors (Lipinski definition) is 2. The van der Waals surface area contributed by atoms with Gasteiger partial charge in [-0.1, -0.05) is 76.9 Å². The molecular weight excluding hydrogens is 320 g/mol. The fraction of sp³-hybridized carbons (Fsp3) is 0.826. The molecule has 3 nitrogen and oxygen atoms in total. The van der Waals surface area contributed by atoms with Crippen molar-refractivity contribution in [1.29, 1.82) is 0 Å². The van der Waals surface area contributed by atoms with E-state index in [4.69, 9.17) is 5.11 Å². The van der Waals surface area contributed by atoms with Crippen LogP contribution in [0.25, 0.3) is 0 Å². The first kappa shape index (κ1) is 23.1. The lowest BCUT2D eigenvalue weighted by Gasteiger charge is -2.24. The zero-order chi connectivity index (χ0) is 18.7. The van der Waals surface area contributed by atoms with Crippen molar-refractivity contribution in [3.05, 3.63) is 24.6 Å². The molecule has 1 rings (SSSR count). The first-order valence-electron chi connectivity index (χ1n) is 11.3. The van der Waals surface area contributed by atoms with Crippen molar-refractivity contribution in [2.75, 3.05) is 13.2 Å². The molecule has 152 valence electrons. The van der Waals surface area contributed by atoms with E-state index in [1.807, 2.05) is 6.20 Å². The number of nitrogens with zero attached hydrogens (tertiary/aromatic N) is 1. The molecule has 0 aromatic heterocycles. The molecule has 0 saturated carbocycles. The van der Waals surface area contributed by atoms with Gasteiger partial charge in [0.2, 0.25) is 0 Å². The molecule has 0 saturated heterocycles. The van der Waals surface area contributed by atoms with Crippen LogP contribution in [0.15, 0.2) is 24.6 Å². The smallest absolute Gasteiger partial charge is 0.0982 e. The van der Waals surface area contributed by atoms with Gasteiger partial charge in [0.05, 0.1) is 12.8 Å². The summed E-state index contributed by atoms with van der Waals surface area (Å²) in [5, 5.41) is 12.4. The number of nitrogens with one attached hydrogen (secondary N) is 1. The predicted octanol–water partition coefficient (Wildman–Crippen LogP) is 6.11. The standard InChI is InChI=1S/C23H44N2O/c1-2-3-4-5-6-7-8-9-10-11-12-13-14-15-16-17-18-23-24-19-20-25(23)21-22-26/h12-13,19-20,23-24,26H,2-11,14-18,21-22H2,1H3/b13-12+. The highest BCUT2D eigenvalue weighted by atomic mass is 16.3. The third-order valence-corrected chi connectivity index (χ3v) is 5.30. The van der Waals surface area contributed by atoms with Gasteiger partial charge in [0.15, 0.2) is 0 Å². The maximum Gasteiger partial charge on any atom is 0.0982 e. The molecule has 0 amide bonds. The molecule has 1 aliphatic heterocycles. The molecule has 1 atom stereocenters. The Kier molecular flexibility index (Phi) is 15.5. The lowest BCUT2D eigenvalue weighted by molar-refractivity contribution is 0.194. The van der Waals surface area contributed by atoms with Gasteiger partial charge in [-0.25, -0.2) is 0 Å². The summed E-state index contributed by atoms with van der Waals surface area (Å²) in [5.74, 6) is 0. The topological polar surface area (TPSA) is 35.5 Å². The number of aliphatic hydroxyl groups is 1. The third-order valence-electron chi connectivity index (χ3n) is 5.30. The molecule has 0 bridgehead atoms. The Bertz CT molecular complexity index is 354. The Balaban J connectivity index is 1.80. The molecule has 0 fully saturated rings. The van der Waals surface area contributed by atoms with Crippen molar-refractivity contribution in [1.82, 2.24) is 10.2 Å². The van der Waals surface area contributed by atoms with E-state index in [-0.39, 0.29) is 6.61 Å². The summed E-state index contributed by atoms with van der Waals surface area (Å²) < 4.78 is 0. The maximum atomic E-state index is 9.05. The number of hydrogen-bond acceptors (Lipinski definition) is 3. The highest BCUT2D eigenvalue weighted by Crippen LogP contribution is 2.14. The average Bonchev–Trinajstić information content (AvgIpc) is 3.09. The van der Waals surface area contributed by atoms with Gasteiger partial charge in [-0.2, -0.15) is 0 Å². The van der Waals surface area contributed by atoms with Crippen LogP contribution in [0.4, 0.5) is 0 Å². The van der Waals surface area contributed by atoms with Crippen molar-refractivity contribution < 1.29 is 5.11 Å². The van der Waals surface area contributed by atoms with Crippen molar-refractivity contribution >= 4 is 0 Å². The van der Waals surface area contributed by atoms with Gasteiger partial charge in [-0.3, -0.25) is 0 Å². The van der Waals surface area contributed by atoms with Gasteiger partial charge < -0.3 is 15.3 Å². The highest BCUT2D eigenvalue weighted by molar-refractivity contribution is 4.93. The first-order valence-corrected chi connectivity index (χ1v) is 11.3. The van der Waals surface area contributed by atoms with Gasteiger partial charge >= 0.3 is 0 Å². The number of β-amino-alcohol motifs (C(OH)–C–C–N with tert-alkyl or cyclic N) is 1. The molecular formula is C23H44N2O. The van der Waals surface area contributed by atoms with E-state index < -0.39 is 0 Å². The number of unbranched alkanes of at least 4 members (excludes halogenated alkanes) is 12. The largest absolute Gasteiger partial charge is 0.395 e. The maximum absolute atomic E-state index is 9.05. The minimum absolute atomic E-state index is 0.228. The van der Waals surface area contributed by atoms with Crippen LogP contribution in [0.5, 0.6) is 0 Å². The van der Waals surface area contributed by atoms with Gasteiger partial charge in [-0.05, 0) is 38.5 Å². The summed E-state index contributed by atoms with van der Waals surface area (Å²) in [6.07, 6.45) is 29.5. The Morgan fingerprint density at radius 3 is 2.04 bits per heavy atom. The second kappa shape index (κ2) is 17.5. The predicted molar refractivity (Wildman–Crippen MR) is 114 cm³/mol. The number of allylic oxidation sites excluding steroid dienone is 2. The van der Waals surface area contributed by atoms with Crippen molar-refractivity contribution in [2.24, 2.45) is 0 Å². The van der Waals surface area contributed by atoms with Gasteiger partial charge in [-0.15, -0.1) is 0 Å². The molecule has 26 heavy (non-hydrogen) atoms. The Morgan fingerprint density at radius 2 is 1.42 bits per heavy atom. The van der Waals surface area contributed by atoms with Crippen molar-refractivity contribution in [3.8, 4) is 0 Å². The van der Waals surface area contributed by atoms with E-state index in [9.17, 15) is 0 Å². The van der Waals surface area contributed by atoms with Crippen LogP contribution < -0.4 is 5.32 Å². The van der Waals surface area contributed by atoms with Crippen LogP contribution in [0.2, 0.25) is 0 Å². The van der Waals surface area contributed by atoms with E-state index in [0.29, 0.717) is 6.17 Å². The summed E-state index contributed by atoms with van der Waals surface area (Å²) >= 11 is 0. The summed E-state index contributed by atoms with van der Waals surface area (Å²) in [6.45, 7) is 3.24. The molecule has 1 heterocycles. The quantitative estimate of drug-likeness (QED) is 0.227. The van der Waals surface area contributed by atoms with Crippen LogP contribution >= 0.6 is 0 Å². The van der Waals surface area contributed by atoms with Crippen molar-refractivity contribution in [2.45, 2.75) is 109 Å². The van der Waals surface area contributed by atoms with Crippen LogP contribution in [0.3, 0.4) is 0 Å². The molecule has 1 aliphatic rings. The molecule has 0 aromatic carbocycles. The minimum atomic E-state index is 0.228. The zero-order valence-electron chi connectivity index (χ0n) is 17.3. The van der Waals surface area contributed by atoms with Crippen LogP contribution in [0.1, 0.15) is 103 Å². The van der Waals surface area contributed by atoms with Crippen LogP contribution in [-0.2, 0) is 0 Å². The van der Waals surface area contributed by atoms with E-state index in [0.717, 1.165) is 13.0 Å². The van der Waals surface area contributed by atoms with Gasteiger partial charge in [0.1, 0.15) is 0 Å². The lowest BCUT2D eigenvalue weighted by atomic mass is 10.1. The SMILES string of the molecule is CCCCCCCCCCC/C=C/CCCCCC1NC=CN1CCO. The van der Waals surface area contributed by atoms with E-state index in [1.54, 1.807) is 0 Å². The van der Waals surface area contributed by atoms with Gasteiger partial charge in [0, 0.05) is 18.9 Å². The lowest BCUT2D eigenvalue weighted by Crippen LogP contribution is -2.36. The average molecular weight is 365 g/mol. The normalized spacial score (nSPS) is 16.7. The first-order chi connectivity index (χ1) is 12.9. The molecule has 0 aromatic rings. The molecule has 0 spiro atoms. The monoisotopic (exact) mass is 364 g/mol. The highest BCUT2D eigenvalue weighted by Gasteiger charge is 2.16. The van der Waals surface area contributed by atoms with Crippen molar-refractivity contribution in [3.63, 3.8) is 0 Å². The van der Waals surface area contributed by atoms with E-state index in [1.165, 1.54) is 89.9 Å². The molecule has 1 unspecified atom stereocenters. The van der Waals surface area contributed by atoms with E-state index >= 15 is 0 Å². The van der Waals surface area contributed by atoms with Crippen LogP contribution in [-0.4, -0.2) is 29.3 Å². The summed E-state index contributed by atoms with van der Waals surface area (Å²) in [7, 11) is 0. The molecule has 2 N–H and O–H groups in total. The molecule has 0 aliphatic carbocycles. The second-order valence-corrected chi connectivity index (χ2v) is 7.69. The van der Waals surface area contributed by atoms with Gasteiger partial charge in [0.25, 0.3) is 0 Å². The Hall–Kier alpha value is -0.960. The summed E-state index contributed by atoms with van der Waals surface area (Å²) in [4.78, 5) is 2.20. The fourth-order valence-electron chi connectivity index (χ4n) is 3.63. The third kappa shape index (κ3) is 12.4. The molecule has 0 radical (unpaired) electrons. The second-order valence-electron chi connectivity index (χ2n) is 7.69. The fourth-order valence-corrected chi connectivity index (χ4v) is 3.63.